The highest BCUT2D eigenvalue weighted by atomic mass is 28.4. The zero-order valence-corrected chi connectivity index (χ0v) is 33.9. The highest BCUT2D eigenvalue weighted by Gasteiger charge is 2.50. The average molecular weight is 721 g/mol. The minimum Gasteiger partial charge on any atom is -0.465 e. The molecule has 1 aromatic heterocycles. The van der Waals surface area contributed by atoms with Gasteiger partial charge in [-0.25, -0.2) is 4.79 Å². The van der Waals surface area contributed by atoms with Crippen molar-refractivity contribution < 1.29 is 32.6 Å². The van der Waals surface area contributed by atoms with E-state index in [1.54, 1.807) is 7.11 Å². The van der Waals surface area contributed by atoms with Gasteiger partial charge in [-0.15, -0.1) is 0 Å². The first kappa shape index (κ1) is 41.4. The van der Waals surface area contributed by atoms with Gasteiger partial charge in [0.05, 0.1) is 28.4 Å². The summed E-state index contributed by atoms with van der Waals surface area (Å²) in [5.41, 5.74) is 1.50. The number of carbonyl (C=O) groups is 1. The van der Waals surface area contributed by atoms with E-state index in [-0.39, 0.29) is 17.7 Å². The Morgan fingerprint density at radius 3 is 2.02 bits per heavy atom. The number of furan rings is 1. The Hall–Kier alpha value is -3.06. The van der Waals surface area contributed by atoms with Crippen LogP contribution in [0.3, 0.4) is 0 Å². The Morgan fingerprint density at radius 2 is 1.50 bits per heavy atom. The van der Waals surface area contributed by atoms with Crippen molar-refractivity contribution in [2.75, 3.05) is 47.4 Å². The average Bonchev–Trinajstić information content (AvgIpc) is 3.48. The molecule has 0 saturated carbocycles. The topological polar surface area (TPSA) is 76.4 Å². The number of ether oxygens (including phenoxy) is 4. The number of benzene rings is 2. The molecule has 0 aliphatic heterocycles. The van der Waals surface area contributed by atoms with Gasteiger partial charge in [0, 0.05) is 26.7 Å². The zero-order chi connectivity index (χ0) is 36.8. The van der Waals surface area contributed by atoms with Crippen LogP contribution in [0, 0.1) is 5.92 Å². The number of carbonyl (C=O) groups excluding carboxylic acids is 1. The summed E-state index contributed by atoms with van der Waals surface area (Å²) in [7, 11) is -1.44. The monoisotopic (exact) mass is 720 g/mol. The van der Waals surface area contributed by atoms with E-state index in [0.29, 0.717) is 49.9 Å². The van der Waals surface area contributed by atoms with E-state index in [0.717, 1.165) is 24.8 Å². The summed E-state index contributed by atoms with van der Waals surface area (Å²) >= 11 is 0. The highest BCUT2D eigenvalue weighted by molar-refractivity contribution is 6.99. The maximum Gasteiger partial charge on any atom is 0.341 e. The second-order valence-corrected chi connectivity index (χ2v) is 24.4. The molecule has 1 atom stereocenters. The maximum absolute atomic E-state index is 13.0. The van der Waals surface area contributed by atoms with Gasteiger partial charge in [0.2, 0.25) is 0 Å². The number of esters is 1. The second kappa shape index (κ2) is 19.5. The fourth-order valence-corrected chi connectivity index (χ4v) is 12.4. The van der Waals surface area contributed by atoms with E-state index in [4.69, 9.17) is 27.8 Å². The van der Waals surface area contributed by atoms with Gasteiger partial charge in [0.25, 0.3) is 8.32 Å². The molecule has 0 fully saturated rings. The lowest BCUT2D eigenvalue weighted by atomic mass is 9.91. The predicted octanol–water partition coefficient (Wildman–Crippen LogP) is 8.45. The number of allylic oxidation sites excluding steroid dienone is 1. The van der Waals surface area contributed by atoms with Gasteiger partial charge in [0.15, 0.2) is 0 Å². The summed E-state index contributed by atoms with van der Waals surface area (Å²) < 4.78 is 34.9. The number of hydrogen-bond donors (Lipinski definition) is 0. The molecule has 0 aliphatic carbocycles. The highest BCUT2D eigenvalue weighted by Crippen LogP contribution is 2.37. The van der Waals surface area contributed by atoms with Gasteiger partial charge >= 0.3 is 5.97 Å². The van der Waals surface area contributed by atoms with Crippen LogP contribution in [0.5, 0.6) is 0 Å². The molecule has 50 heavy (non-hydrogen) atoms. The van der Waals surface area contributed by atoms with Crippen LogP contribution in [0.15, 0.2) is 88.5 Å². The molecule has 274 valence electrons. The van der Waals surface area contributed by atoms with Gasteiger partial charge in [-0.2, -0.15) is 0 Å². The fraction of sp³-hybridized carbons (Fsp3) is 0.488. The Bertz CT molecular complexity index is 1460. The van der Waals surface area contributed by atoms with Crippen LogP contribution >= 0.6 is 0 Å². The maximum atomic E-state index is 13.0. The Morgan fingerprint density at radius 1 is 0.900 bits per heavy atom. The molecule has 3 rings (SSSR count). The van der Waals surface area contributed by atoms with Crippen LogP contribution in [-0.4, -0.2) is 69.8 Å². The Balaban J connectivity index is 1.86. The van der Waals surface area contributed by atoms with Crippen LogP contribution < -0.4 is 10.4 Å². The Labute approximate surface area is 303 Å². The summed E-state index contributed by atoms with van der Waals surface area (Å²) in [6.07, 6.45) is 5.14. The molecule has 0 amide bonds. The van der Waals surface area contributed by atoms with Crippen molar-refractivity contribution in [1.29, 1.82) is 0 Å². The van der Waals surface area contributed by atoms with Crippen LogP contribution in [0.2, 0.25) is 24.7 Å². The lowest BCUT2D eigenvalue weighted by molar-refractivity contribution is -0.0667. The molecule has 2 aromatic carbocycles. The molecule has 0 N–H and O–H groups in total. The molecule has 0 radical (unpaired) electrons. The number of methoxy groups -OCH3 is 2. The first-order valence-corrected chi connectivity index (χ1v) is 23.1. The predicted molar refractivity (Wildman–Crippen MR) is 209 cm³/mol. The SMILES string of the molecule is C=C(C)C(CCCOCOCCOC)Cc1oc(/C=C(/CCO[Si](c2ccccc2)(c2ccccc2)C(C)(C)C)[Si](C)(C)C)cc1C(=O)OC. The van der Waals surface area contributed by atoms with Crippen molar-refractivity contribution >= 4 is 38.8 Å². The lowest BCUT2D eigenvalue weighted by Crippen LogP contribution is -2.66. The molecular formula is C41H60O7Si2. The quantitative estimate of drug-likeness (QED) is 0.0360. The smallest absolute Gasteiger partial charge is 0.341 e. The normalized spacial score (nSPS) is 13.3. The number of hydrogen-bond acceptors (Lipinski definition) is 7. The number of rotatable bonds is 21. The van der Waals surface area contributed by atoms with E-state index in [1.165, 1.54) is 22.7 Å². The van der Waals surface area contributed by atoms with Gasteiger partial charge in [-0.05, 0) is 59.7 Å². The van der Waals surface area contributed by atoms with Crippen LogP contribution in [0.4, 0.5) is 0 Å². The molecule has 0 aliphatic rings. The van der Waals surface area contributed by atoms with Gasteiger partial charge < -0.3 is 27.8 Å². The standard InChI is InChI=1S/C41H60O7Si2/c1-32(2)33(18-17-24-45-31-46-27-26-43-6)28-39-38(40(42)44-7)30-34(48-39)29-37(49(8,9)10)23-25-47-50(41(3,4)5,35-19-13-11-14-20-35)36-21-15-12-16-22-36/h11-16,19-22,29-30,33H,1,17-18,23-28,31H2,2-10H3/b37-29-. The summed E-state index contributed by atoms with van der Waals surface area (Å²) in [6.45, 7) is 22.6. The van der Waals surface area contributed by atoms with Crippen molar-refractivity contribution in [3.05, 3.63) is 101 Å². The van der Waals surface area contributed by atoms with Crippen LogP contribution in [0.1, 0.15) is 68.8 Å². The van der Waals surface area contributed by atoms with E-state index in [9.17, 15) is 4.79 Å². The molecule has 9 heteroatoms. The summed E-state index contributed by atoms with van der Waals surface area (Å²) in [4.78, 5) is 13.0. The Kier molecular flexibility index (Phi) is 16.2. The molecule has 7 nitrogen and oxygen atoms in total. The van der Waals surface area contributed by atoms with Crippen molar-refractivity contribution in [3.8, 4) is 0 Å². The fourth-order valence-electron chi connectivity index (χ4n) is 6.36. The van der Waals surface area contributed by atoms with Gasteiger partial charge in [-0.3, -0.25) is 0 Å². The third-order valence-electron chi connectivity index (χ3n) is 9.19. The second-order valence-electron chi connectivity index (χ2n) is 15.0. The molecule has 1 heterocycles. The minimum atomic E-state index is -2.67. The van der Waals surface area contributed by atoms with Crippen molar-refractivity contribution in [1.82, 2.24) is 0 Å². The minimum absolute atomic E-state index is 0.103. The third-order valence-corrected chi connectivity index (χ3v) is 16.6. The van der Waals surface area contributed by atoms with Crippen molar-refractivity contribution in [2.45, 2.75) is 78.1 Å². The summed E-state index contributed by atoms with van der Waals surface area (Å²) in [6, 6.07) is 23.3. The first-order valence-electron chi connectivity index (χ1n) is 17.7. The van der Waals surface area contributed by atoms with Gasteiger partial charge in [0.1, 0.15) is 23.9 Å². The molecule has 0 bridgehead atoms. The molecule has 3 aromatic rings. The van der Waals surface area contributed by atoms with Crippen molar-refractivity contribution in [2.24, 2.45) is 5.92 Å². The van der Waals surface area contributed by atoms with E-state index < -0.39 is 22.4 Å². The van der Waals surface area contributed by atoms with E-state index in [1.807, 2.05) is 13.0 Å². The third kappa shape index (κ3) is 11.5. The van der Waals surface area contributed by atoms with E-state index >= 15 is 0 Å². The zero-order valence-electron chi connectivity index (χ0n) is 31.9. The van der Waals surface area contributed by atoms with Gasteiger partial charge in [-0.1, -0.05) is 118 Å². The molecular weight excluding hydrogens is 661 g/mol. The molecule has 0 saturated heterocycles. The molecule has 0 spiro atoms. The van der Waals surface area contributed by atoms with Crippen LogP contribution in [0.25, 0.3) is 6.08 Å². The summed E-state index contributed by atoms with van der Waals surface area (Å²) in [5.74, 6) is 1.01. The van der Waals surface area contributed by atoms with Crippen LogP contribution in [-0.2, 0) is 29.8 Å². The molecule has 1 unspecified atom stereocenters. The largest absolute Gasteiger partial charge is 0.465 e. The lowest BCUT2D eigenvalue weighted by Gasteiger charge is -2.43. The summed E-state index contributed by atoms with van der Waals surface area (Å²) in [5, 5.41) is 3.75. The first-order chi connectivity index (χ1) is 23.7. The van der Waals surface area contributed by atoms with Crippen molar-refractivity contribution in [3.63, 3.8) is 0 Å². The van der Waals surface area contributed by atoms with E-state index in [2.05, 4.69) is 114 Å².